The third kappa shape index (κ3) is 6.05. The predicted molar refractivity (Wildman–Crippen MR) is 84.8 cm³/mol. The summed E-state index contributed by atoms with van der Waals surface area (Å²) in [6.45, 7) is 8.85. The van der Waals surface area contributed by atoms with E-state index in [1.54, 1.807) is 11.2 Å². The largest absolute Gasteiger partial charge is 0.481 e. The number of aliphatic carboxylic acids is 1. The van der Waals surface area contributed by atoms with Crippen LogP contribution >= 0.6 is 11.8 Å². The zero-order valence-electron chi connectivity index (χ0n) is 13.5. The quantitative estimate of drug-likeness (QED) is 0.697. The van der Waals surface area contributed by atoms with Gasteiger partial charge >= 0.3 is 5.97 Å². The summed E-state index contributed by atoms with van der Waals surface area (Å²) in [7, 11) is 0. The number of carbonyl (C=O) groups excluding carboxylic acids is 1. The Labute approximate surface area is 135 Å². The van der Waals surface area contributed by atoms with E-state index in [0.29, 0.717) is 17.6 Å². The topological polar surface area (TPSA) is 88.3 Å². The number of carboxylic acid groups (broad SMARTS) is 1. The summed E-state index contributed by atoms with van der Waals surface area (Å²) in [6, 6.07) is 0.228. The first-order valence-corrected chi connectivity index (χ1v) is 8.31. The molecule has 1 rings (SSSR count). The standard InChI is InChI=1S/C14H24N4O3S/c1-10(2)7-17(6-5-13(20)21)12(19)8-22-14-16-15-9-18(14)11(3)4/h9-11H,5-8H2,1-4H3,(H,20,21). The normalized spacial score (nSPS) is 11.2. The zero-order chi connectivity index (χ0) is 16.7. The monoisotopic (exact) mass is 328 g/mol. The highest BCUT2D eigenvalue weighted by Gasteiger charge is 2.18. The van der Waals surface area contributed by atoms with Crippen molar-refractivity contribution in [3.05, 3.63) is 6.33 Å². The Morgan fingerprint density at radius 1 is 1.36 bits per heavy atom. The van der Waals surface area contributed by atoms with E-state index in [9.17, 15) is 9.59 Å². The fourth-order valence-corrected chi connectivity index (χ4v) is 2.84. The van der Waals surface area contributed by atoms with E-state index < -0.39 is 5.97 Å². The predicted octanol–water partition coefficient (Wildman–Crippen LogP) is 1.91. The molecule has 0 saturated heterocycles. The molecule has 7 nitrogen and oxygen atoms in total. The van der Waals surface area contributed by atoms with Crippen molar-refractivity contribution in [1.82, 2.24) is 19.7 Å². The Bertz CT molecular complexity index is 502. The van der Waals surface area contributed by atoms with Crippen molar-refractivity contribution in [1.29, 1.82) is 0 Å². The maximum absolute atomic E-state index is 12.3. The molecular formula is C14H24N4O3S. The van der Waals surface area contributed by atoms with Crippen LogP contribution in [0.15, 0.2) is 11.5 Å². The van der Waals surface area contributed by atoms with Gasteiger partial charge < -0.3 is 14.6 Å². The van der Waals surface area contributed by atoms with Crippen molar-refractivity contribution in [2.45, 2.75) is 45.3 Å². The fourth-order valence-electron chi connectivity index (χ4n) is 1.90. The zero-order valence-corrected chi connectivity index (χ0v) is 14.3. The lowest BCUT2D eigenvalue weighted by atomic mass is 10.2. The Hall–Kier alpha value is -1.57. The van der Waals surface area contributed by atoms with Gasteiger partial charge in [-0.1, -0.05) is 25.6 Å². The molecule has 1 aromatic heterocycles. The molecule has 0 bridgehead atoms. The van der Waals surface area contributed by atoms with Crippen LogP contribution in [-0.2, 0) is 9.59 Å². The molecule has 1 aromatic rings. The molecule has 0 aliphatic rings. The SMILES string of the molecule is CC(C)CN(CCC(=O)O)C(=O)CSc1nncn1C(C)C. The average Bonchev–Trinajstić information content (AvgIpc) is 2.88. The number of hydrogen-bond acceptors (Lipinski definition) is 5. The summed E-state index contributed by atoms with van der Waals surface area (Å²) in [5.74, 6) is -0.438. The van der Waals surface area contributed by atoms with Gasteiger partial charge in [-0.15, -0.1) is 10.2 Å². The van der Waals surface area contributed by atoms with E-state index in [2.05, 4.69) is 10.2 Å². The van der Waals surface area contributed by atoms with Crippen LogP contribution < -0.4 is 0 Å². The Kier molecular flexibility index (Phi) is 7.37. The van der Waals surface area contributed by atoms with Gasteiger partial charge in [0.15, 0.2) is 5.16 Å². The third-order valence-electron chi connectivity index (χ3n) is 2.96. The molecule has 0 atom stereocenters. The molecule has 1 amide bonds. The number of amides is 1. The van der Waals surface area contributed by atoms with Gasteiger partial charge in [0.2, 0.25) is 5.91 Å². The van der Waals surface area contributed by atoms with Crippen molar-refractivity contribution in [3.63, 3.8) is 0 Å². The molecule has 0 saturated carbocycles. The van der Waals surface area contributed by atoms with Gasteiger partial charge in [-0.2, -0.15) is 0 Å². The lowest BCUT2D eigenvalue weighted by Gasteiger charge is -2.23. The summed E-state index contributed by atoms with van der Waals surface area (Å²) >= 11 is 1.33. The van der Waals surface area contributed by atoms with Crippen LogP contribution in [0.25, 0.3) is 0 Å². The second-order valence-corrected chi connectivity index (χ2v) is 6.72. The number of carboxylic acids is 1. The van der Waals surface area contributed by atoms with Gasteiger partial charge in [0, 0.05) is 19.1 Å². The van der Waals surface area contributed by atoms with Crippen molar-refractivity contribution >= 4 is 23.6 Å². The highest BCUT2D eigenvalue weighted by molar-refractivity contribution is 7.99. The highest BCUT2D eigenvalue weighted by Crippen LogP contribution is 2.19. The van der Waals surface area contributed by atoms with Gasteiger partial charge in [0.25, 0.3) is 0 Å². The second kappa shape index (κ2) is 8.77. The number of rotatable bonds is 9. The van der Waals surface area contributed by atoms with Crippen molar-refractivity contribution < 1.29 is 14.7 Å². The van der Waals surface area contributed by atoms with Crippen molar-refractivity contribution in [2.24, 2.45) is 5.92 Å². The first-order valence-electron chi connectivity index (χ1n) is 7.33. The molecule has 1 heterocycles. The van der Waals surface area contributed by atoms with Crippen LogP contribution in [-0.4, -0.2) is 55.5 Å². The number of aromatic nitrogens is 3. The molecule has 0 unspecified atom stereocenters. The number of carbonyl (C=O) groups is 2. The molecule has 0 aliphatic heterocycles. The summed E-state index contributed by atoms with van der Waals surface area (Å²) in [4.78, 5) is 24.6. The molecule has 0 spiro atoms. The molecule has 0 radical (unpaired) electrons. The van der Waals surface area contributed by atoms with Gasteiger partial charge in [-0.25, -0.2) is 0 Å². The Morgan fingerprint density at radius 3 is 2.59 bits per heavy atom. The molecule has 0 aromatic carbocycles. The van der Waals surface area contributed by atoms with Crippen LogP contribution in [0.5, 0.6) is 0 Å². The van der Waals surface area contributed by atoms with Crippen LogP contribution in [0, 0.1) is 5.92 Å². The van der Waals surface area contributed by atoms with E-state index in [1.165, 1.54) is 11.8 Å². The lowest BCUT2D eigenvalue weighted by Crippen LogP contribution is -2.37. The van der Waals surface area contributed by atoms with Crippen LogP contribution in [0.4, 0.5) is 0 Å². The van der Waals surface area contributed by atoms with Gasteiger partial charge in [0.1, 0.15) is 6.33 Å². The maximum Gasteiger partial charge on any atom is 0.305 e. The van der Waals surface area contributed by atoms with Crippen LogP contribution in [0.3, 0.4) is 0 Å². The van der Waals surface area contributed by atoms with E-state index in [4.69, 9.17) is 5.11 Å². The molecule has 22 heavy (non-hydrogen) atoms. The Morgan fingerprint density at radius 2 is 2.05 bits per heavy atom. The summed E-state index contributed by atoms with van der Waals surface area (Å²) < 4.78 is 1.90. The smallest absolute Gasteiger partial charge is 0.305 e. The minimum atomic E-state index is -0.895. The van der Waals surface area contributed by atoms with E-state index in [0.717, 1.165) is 0 Å². The third-order valence-corrected chi connectivity index (χ3v) is 3.90. The first kappa shape index (κ1) is 18.5. The molecule has 8 heteroatoms. The minimum absolute atomic E-state index is 0.0364. The number of hydrogen-bond donors (Lipinski definition) is 1. The van der Waals surface area contributed by atoms with E-state index in [1.807, 2.05) is 32.3 Å². The second-order valence-electron chi connectivity index (χ2n) is 5.78. The summed E-state index contributed by atoms with van der Waals surface area (Å²) in [6.07, 6.45) is 1.61. The molecule has 0 fully saturated rings. The lowest BCUT2D eigenvalue weighted by molar-refractivity contribution is -0.138. The molecule has 1 N–H and O–H groups in total. The van der Waals surface area contributed by atoms with Gasteiger partial charge in [-0.3, -0.25) is 9.59 Å². The van der Waals surface area contributed by atoms with Crippen molar-refractivity contribution in [2.75, 3.05) is 18.8 Å². The van der Waals surface area contributed by atoms with Crippen LogP contribution in [0.2, 0.25) is 0 Å². The van der Waals surface area contributed by atoms with E-state index >= 15 is 0 Å². The van der Waals surface area contributed by atoms with Gasteiger partial charge in [-0.05, 0) is 19.8 Å². The Balaban J connectivity index is 2.61. The minimum Gasteiger partial charge on any atom is -0.481 e. The first-order chi connectivity index (χ1) is 10.3. The highest BCUT2D eigenvalue weighted by atomic mass is 32.2. The van der Waals surface area contributed by atoms with Gasteiger partial charge in [0.05, 0.1) is 12.2 Å². The average molecular weight is 328 g/mol. The van der Waals surface area contributed by atoms with Crippen LogP contribution in [0.1, 0.15) is 40.2 Å². The van der Waals surface area contributed by atoms with E-state index in [-0.39, 0.29) is 30.7 Å². The molecule has 124 valence electrons. The summed E-state index contributed by atoms with van der Waals surface area (Å²) in [5.41, 5.74) is 0. The fraction of sp³-hybridized carbons (Fsp3) is 0.714. The molecular weight excluding hydrogens is 304 g/mol. The maximum atomic E-state index is 12.3. The summed E-state index contributed by atoms with van der Waals surface area (Å²) in [5, 5.41) is 17.4. The van der Waals surface area contributed by atoms with Crippen molar-refractivity contribution in [3.8, 4) is 0 Å². The number of thioether (sulfide) groups is 1. The molecule has 0 aliphatic carbocycles. The number of nitrogens with zero attached hydrogens (tertiary/aromatic N) is 4.